The second-order valence-corrected chi connectivity index (χ2v) is 13.4. The van der Waals surface area contributed by atoms with E-state index in [1.807, 2.05) is 25.1 Å². The first-order valence-corrected chi connectivity index (χ1v) is 15.8. The van der Waals surface area contributed by atoms with Crippen molar-refractivity contribution in [2.24, 2.45) is 0 Å². The van der Waals surface area contributed by atoms with Crippen molar-refractivity contribution in [1.82, 2.24) is 18.6 Å². The normalized spacial score (nSPS) is 14.7. The Balaban J connectivity index is 1.28. The Morgan fingerprint density at radius 3 is 2.53 bits per heavy atom. The Morgan fingerprint density at radius 2 is 1.82 bits per heavy atom. The highest BCUT2D eigenvalue weighted by Crippen LogP contribution is 2.39. The van der Waals surface area contributed by atoms with Crippen LogP contribution in [0.4, 0.5) is 9.52 Å². The number of hydrogen-bond donors (Lipinski definition) is 0. The molecular formula is C25H25BrFN5O3S3. The summed E-state index contributed by atoms with van der Waals surface area (Å²) in [6.07, 6.45) is 0.515. The third kappa shape index (κ3) is 5.76. The maximum absolute atomic E-state index is 13.6. The maximum atomic E-state index is 13.6. The molecule has 0 atom stereocenters. The Morgan fingerprint density at radius 1 is 1.08 bits per heavy atom. The van der Waals surface area contributed by atoms with Crippen LogP contribution in [0.25, 0.3) is 10.6 Å². The van der Waals surface area contributed by atoms with Crippen LogP contribution in [-0.2, 0) is 16.4 Å². The van der Waals surface area contributed by atoms with Gasteiger partial charge in [0, 0.05) is 48.6 Å². The molecule has 0 spiro atoms. The van der Waals surface area contributed by atoms with E-state index in [-0.39, 0.29) is 10.0 Å². The van der Waals surface area contributed by atoms with Gasteiger partial charge in [-0.3, -0.25) is 0 Å². The average Bonchev–Trinajstić information content (AvgIpc) is 3.54. The predicted octanol–water partition coefficient (Wildman–Crippen LogP) is 5.37. The zero-order chi connectivity index (χ0) is 26.9. The van der Waals surface area contributed by atoms with E-state index in [1.54, 1.807) is 19.1 Å². The van der Waals surface area contributed by atoms with Crippen LogP contribution in [-0.4, -0.2) is 59.9 Å². The maximum Gasteiger partial charge on any atom is 0.254 e. The first-order chi connectivity index (χ1) is 18.2. The van der Waals surface area contributed by atoms with E-state index < -0.39 is 10.0 Å². The Hall–Kier alpha value is -2.45. The lowest BCUT2D eigenvalue weighted by molar-refractivity contribution is 0.341. The van der Waals surface area contributed by atoms with E-state index in [0.29, 0.717) is 61.5 Å². The molecular weight excluding hydrogens is 613 g/mol. The van der Waals surface area contributed by atoms with Crippen molar-refractivity contribution in [3.05, 3.63) is 69.8 Å². The fraction of sp³-hybridized carbons (Fsp3) is 0.320. The number of nitrogens with zero attached hydrogens (tertiary/aromatic N) is 5. The summed E-state index contributed by atoms with van der Waals surface area (Å²) in [5.74, 6) is 1.05. The van der Waals surface area contributed by atoms with Crippen molar-refractivity contribution in [3.8, 4) is 16.3 Å². The standard InChI is InChI=1S/C25H25BrFN5O3S3/c1-3-35-21-9-6-18(26)15-20(21)23-28-16(2)24(36-23)38(33,34)32-12-10-31(11-13-32)25-29-22(30-37-25)14-17-4-7-19(27)8-5-17/h4-9,15H,3,10-14H2,1-2H3. The molecule has 5 rings (SSSR count). The van der Waals surface area contributed by atoms with Gasteiger partial charge >= 0.3 is 0 Å². The number of anilines is 1. The number of aromatic nitrogens is 3. The SMILES string of the molecule is CCOc1ccc(Br)cc1-c1nc(C)c(S(=O)(=O)N2CCN(c3nc(Cc4ccc(F)cc4)ns3)CC2)s1. The van der Waals surface area contributed by atoms with Gasteiger partial charge in [0.05, 0.1) is 17.9 Å². The van der Waals surface area contributed by atoms with Crippen LogP contribution in [0.3, 0.4) is 0 Å². The number of thiazole rings is 1. The van der Waals surface area contributed by atoms with Crippen molar-refractivity contribution >= 4 is 54.0 Å². The summed E-state index contributed by atoms with van der Waals surface area (Å²) < 4.78 is 53.2. The molecule has 0 N–H and O–H groups in total. The van der Waals surface area contributed by atoms with Gasteiger partial charge in [-0.15, -0.1) is 11.3 Å². The highest BCUT2D eigenvalue weighted by atomic mass is 79.9. The van der Waals surface area contributed by atoms with Gasteiger partial charge < -0.3 is 9.64 Å². The second kappa shape index (κ2) is 11.3. The zero-order valence-corrected chi connectivity index (χ0v) is 24.8. The average molecular weight is 639 g/mol. The van der Waals surface area contributed by atoms with E-state index in [9.17, 15) is 12.8 Å². The van der Waals surface area contributed by atoms with Crippen LogP contribution in [0, 0.1) is 12.7 Å². The summed E-state index contributed by atoms with van der Waals surface area (Å²) in [5.41, 5.74) is 2.17. The third-order valence-corrected chi connectivity index (χ3v) is 11.0. The van der Waals surface area contributed by atoms with Crippen molar-refractivity contribution in [2.75, 3.05) is 37.7 Å². The molecule has 13 heteroatoms. The van der Waals surface area contributed by atoms with Gasteiger partial charge in [0.25, 0.3) is 10.0 Å². The quantitative estimate of drug-likeness (QED) is 0.257. The van der Waals surface area contributed by atoms with Gasteiger partial charge in [-0.25, -0.2) is 22.8 Å². The van der Waals surface area contributed by atoms with Gasteiger partial charge in [-0.2, -0.15) is 8.68 Å². The molecule has 0 unspecified atom stereocenters. The van der Waals surface area contributed by atoms with E-state index in [0.717, 1.165) is 20.7 Å². The molecule has 1 aliphatic heterocycles. The number of piperazine rings is 1. The van der Waals surface area contributed by atoms with Crippen molar-refractivity contribution < 1.29 is 17.5 Å². The first-order valence-electron chi connectivity index (χ1n) is 12.0. The number of sulfonamides is 1. The molecule has 0 radical (unpaired) electrons. The summed E-state index contributed by atoms with van der Waals surface area (Å²) in [6.45, 7) is 5.82. The largest absolute Gasteiger partial charge is 0.493 e. The monoisotopic (exact) mass is 637 g/mol. The van der Waals surface area contributed by atoms with Crippen LogP contribution < -0.4 is 9.64 Å². The third-order valence-electron chi connectivity index (χ3n) is 6.04. The smallest absolute Gasteiger partial charge is 0.254 e. The molecule has 2 aromatic heterocycles. The number of hydrogen-bond acceptors (Lipinski definition) is 9. The van der Waals surface area contributed by atoms with E-state index in [4.69, 9.17) is 4.74 Å². The number of ether oxygens (including phenoxy) is 1. The number of halogens is 2. The Kier molecular flexibility index (Phi) is 8.10. The van der Waals surface area contributed by atoms with Crippen LogP contribution in [0.2, 0.25) is 0 Å². The molecule has 4 aromatic rings. The van der Waals surface area contributed by atoms with E-state index >= 15 is 0 Å². The minimum absolute atomic E-state index is 0.251. The molecule has 1 fully saturated rings. The summed E-state index contributed by atoms with van der Waals surface area (Å²) >= 11 is 5.94. The van der Waals surface area contributed by atoms with Gasteiger partial charge in [-0.05, 0) is 49.7 Å². The summed E-state index contributed by atoms with van der Waals surface area (Å²) in [7, 11) is -3.71. The minimum atomic E-state index is -3.71. The molecule has 2 aromatic carbocycles. The fourth-order valence-electron chi connectivity index (χ4n) is 4.15. The molecule has 1 aliphatic rings. The molecule has 0 amide bonds. The highest BCUT2D eigenvalue weighted by molar-refractivity contribution is 9.10. The summed E-state index contributed by atoms with van der Waals surface area (Å²) in [5, 5.41) is 1.36. The molecule has 8 nitrogen and oxygen atoms in total. The Bertz CT molecular complexity index is 1530. The lowest BCUT2D eigenvalue weighted by Crippen LogP contribution is -2.48. The predicted molar refractivity (Wildman–Crippen MR) is 151 cm³/mol. The molecule has 38 heavy (non-hydrogen) atoms. The van der Waals surface area contributed by atoms with Crippen molar-refractivity contribution in [1.29, 1.82) is 0 Å². The number of benzene rings is 2. The number of rotatable bonds is 8. The second-order valence-electron chi connectivity index (χ2n) is 8.65. The highest BCUT2D eigenvalue weighted by Gasteiger charge is 2.33. The van der Waals surface area contributed by atoms with E-state index in [2.05, 4.69) is 35.2 Å². The lowest BCUT2D eigenvalue weighted by Gasteiger charge is -2.33. The van der Waals surface area contributed by atoms with Gasteiger partial charge in [0.1, 0.15) is 22.4 Å². The fourth-order valence-corrected chi connectivity index (χ4v) is 8.34. The molecule has 1 saturated heterocycles. The van der Waals surface area contributed by atoms with Crippen molar-refractivity contribution in [3.63, 3.8) is 0 Å². The van der Waals surface area contributed by atoms with Gasteiger partial charge in [-0.1, -0.05) is 28.1 Å². The topological polar surface area (TPSA) is 88.5 Å². The Labute approximate surface area is 237 Å². The molecule has 0 aliphatic carbocycles. The summed E-state index contributed by atoms with van der Waals surface area (Å²) in [6, 6.07) is 11.9. The van der Waals surface area contributed by atoms with Crippen LogP contribution in [0.1, 0.15) is 24.0 Å². The minimum Gasteiger partial charge on any atom is -0.493 e. The first kappa shape index (κ1) is 27.1. The zero-order valence-electron chi connectivity index (χ0n) is 20.7. The summed E-state index contributed by atoms with van der Waals surface area (Å²) in [4.78, 5) is 11.3. The van der Waals surface area contributed by atoms with Crippen LogP contribution in [0.5, 0.6) is 5.75 Å². The van der Waals surface area contributed by atoms with Crippen LogP contribution >= 0.6 is 38.8 Å². The van der Waals surface area contributed by atoms with Gasteiger partial charge in [0.2, 0.25) is 5.13 Å². The lowest BCUT2D eigenvalue weighted by atomic mass is 10.1. The number of aryl methyl sites for hydroxylation is 1. The molecule has 200 valence electrons. The molecule has 3 heterocycles. The molecule has 0 bridgehead atoms. The molecule has 0 saturated carbocycles. The van der Waals surface area contributed by atoms with Crippen molar-refractivity contribution in [2.45, 2.75) is 24.5 Å². The van der Waals surface area contributed by atoms with E-state index in [1.165, 1.54) is 39.3 Å². The van der Waals surface area contributed by atoms with Crippen LogP contribution in [0.15, 0.2) is 51.1 Å². The van der Waals surface area contributed by atoms with Gasteiger partial charge in [0.15, 0.2) is 4.21 Å².